The Hall–Kier alpha value is -2.69. The highest BCUT2D eigenvalue weighted by atomic mass is 19.1. The van der Waals surface area contributed by atoms with E-state index in [1.165, 1.54) is 22.6 Å². The van der Waals surface area contributed by atoms with Crippen LogP contribution in [0.4, 0.5) is 10.1 Å². The van der Waals surface area contributed by atoms with Crippen molar-refractivity contribution < 1.29 is 4.39 Å². The third-order valence-corrected chi connectivity index (χ3v) is 3.14. The van der Waals surface area contributed by atoms with Crippen LogP contribution in [0.1, 0.15) is 11.3 Å². The molecule has 106 valence electrons. The van der Waals surface area contributed by atoms with Crippen LogP contribution in [0.3, 0.4) is 0 Å². The maximum absolute atomic E-state index is 13.3. The maximum Gasteiger partial charge on any atom is 0.258 e. The number of aromatic nitrogens is 2. The Morgan fingerprint density at radius 3 is 2.90 bits per heavy atom. The summed E-state index contributed by atoms with van der Waals surface area (Å²) >= 11 is 0. The number of halogens is 1. The lowest BCUT2D eigenvalue weighted by atomic mass is 10.2. The first kappa shape index (κ1) is 13.3. The van der Waals surface area contributed by atoms with Crippen molar-refractivity contribution >= 4 is 11.3 Å². The molecule has 21 heavy (non-hydrogen) atoms. The number of nitrogens with zero attached hydrogens (tertiary/aromatic N) is 2. The van der Waals surface area contributed by atoms with E-state index < -0.39 is 0 Å². The van der Waals surface area contributed by atoms with Crippen LogP contribution >= 0.6 is 0 Å². The lowest BCUT2D eigenvalue weighted by Gasteiger charge is -2.08. The minimum atomic E-state index is -0.288. The smallest absolute Gasteiger partial charge is 0.258 e. The lowest BCUT2D eigenvalue weighted by molar-refractivity contribution is 0.627. The van der Waals surface area contributed by atoms with E-state index in [4.69, 9.17) is 0 Å². The van der Waals surface area contributed by atoms with Crippen LogP contribution in [-0.4, -0.2) is 9.38 Å². The monoisotopic (exact) mass is 283 g/mol. The Balaban J connectivity index is 1.86. The highest BCUT2D eigenvalue weighted by molar-refractivity contribution is 5.46. The molecule has 0 unspecified atom stereocenters. The maximum atomic E-state index is 13.3. The zero-order chi connectivity index (χ0) is 14.8. The van der Waals surface area contributed by atoms with Gasteiger partial charge in [0.25, 0.3) is 5.56 Å². The molecule has 0 aliphatic rings. The van der Waals surface area contributed by atoms with Crippen molar-refractivity contribution in [3.8, 4) is 0 Å². The fourth-order valence-corrected chi connectivity index (χ4v) is 2.22. The van der Waals surface area contributed by atoms with E-state index in [-0.39, 0.29) is 11.4 Å². The van der Waals surface area contributed by atoms with Crippen molar-refractivity contribution in [3.05, 3.63) is 76.1 Å². The number of benzene rings is 1. The molecule has 0 saturated heterocycles. The molecule has 1 N–H and O–H groups in total. The average Bonchev–Trinajstić information content (AvgIpc) is 2.44. The van der Waals surface area contributed by atoms with E-state index in [1.807, 2.05) is 19.1 Å². The van der Waals surface area contributed by atoms with Gasteiger partial charge in [0, 0.05) is 18.0 Å². The number of nitrogens with one attached hydrogen (secondary N) is 1. The molecule has 0 spiro atoms. The summed E-state index contributed by atoms with van der Waals surface area (Å²) in [7, 11) is 0. The predicted molar refractivity (Wildman–Crippen MR) is 79.9 cm³/mol. The summed E-state index contributed by atoms with van der Waals surface area (Å²) in [6, 6.07) is 11.6. The third kappa shape index (κ3) is 2.91. The van der Waals surface area contributed by atoms with Gasteiger partial charge in [0.1, 0.15) is 11.5 Å². The Kier molecular flexibility index (Phi) is 3.39. The normalized spacial score (nSPS) is 10.8. The van der Waals surface area contributed by atoms with E-state index in [0.717, 1.165) is 5.56 Å². The molecule has 3 rings (SSSR count). The molecule has 5 heteroatoms. The van der Waals surface area contributed by atoms with Gasteiger partial charge in [0.15, 0.2) is 0 Å². The molecule has 0 fully saturated rings. The first-order valence-corrected chi connectivity index (χ1v) is 6.60. The van der Waals surface area contributed by atoms with E-state index >= 15 is 0 Å². The number of fused-ring (bicyclic) bond motifs is 1. The van der Waals surface area contributed by atoms with Gasteiger partial charge in [0.05, 0.1) is 12.2 Å². The lowest BCUT2D eigenvalue weighted by Crippen LogP contribution is -2.16. The highest BCUT2D eigenvalue weighted by Gasteiger charge is 2.03. The average molecular weight is 283 g/mol. The molecule has 2 heterocycles. The molecule has 0 bridgehead atoms. The molecule has 1 aromatic carbocycles. The quantitative estimate of drug-likeness (QED) is 0.804. The molecule has 4 nitrogen and oxygen atoms in total. The van der Waals surface area contributed by atoms with Crippen LogP contribution in [0.25, 0.3) is 5.65 Å². The zero-order valence-corrected chi connectivity index (χ0v) is 11.5. The fourth-order valence-electron chi connectivity index (χ4n) is 2.22. The molecule has 0 atom stereocenters. The van der Waals surface area contributed by atoms with Crippen molar-refractivity contribution in [1.82, 2.24) is 9.38 Å². The molecule has 0 saturated carbocycles. The minimum Gasteiger partial charge on any atom is -0.379 e. The minimum absolute atomic E-state index is 0.132. The fraction of sp³-hybridized carbons (Fsp3) is 0.125. The Morgan fingerprint density at radius 2 is 2.10 bits per heavy atom. The summed E-state index contributed by atoms with van der Waals surface area (Å²) in [5.41, 5.74) is 2.59. The third-order valence-electron chi connectivity index (χ3n) is 3.14. The Bertz CT molecular complexity index is 837. The first-order valence-electron chi connectivity index (χ1n) is 6.60. The van der Waals surface area contributed by atoms with Crippen LogP contribution in [0.5, 0.6) is 0 Å². The number of hydrogen-bond acceptors (Lipinski definition) is 3. The van der Waals surface area contributed by atoms with Gasteiger partial charge in [-0.2, -0.15) is 0 Å². The van der Waals surface area contributed by atoms with Crippen LogP contribution in [-0.2, 0) is 6.54 Å². The zero-order valence-electron chi connectivity index (χ0n) is 11.5. The van der Waals surface area contributed by atoms with Gasteiger partial charge >= 0.3 is 0 Å². The van der Waals surface area contributed by atoms with Gasteiger partial charge in [-0.3, -0.25) is 9.20 Å². The number of pyridine rings is 1. The standard InChI is InChI=1S/C16H14FN3O/c1-11-6-12(17)8-13(7-11)18-10-14-9-16(21)20-5-3-2-4-15(20)19-14/h2-9,18H,10H2,1H3. The topological polar surface area (TPSA) is 46.4 Å². The van der Waals surface area contributed by atoms with Gasteiger partial charge < -0.3 is 5.32 Å². The molecule has 0 aliphatic heterocycles. The number of aryl methyl sites for hydroxylation is 1. The molecule has 2 aromatic heterocycles. The SMILES string of the molecule is Cc1cc(F)cc(NCc2cc(=O)n3ccccc3n2)c1. The van der Waals surface area contributed by atoms with Gasteiger partial charge in [-0.05, 0) is 42.8 Å². The van der Waals surface area contributed by atoms with Crippen molar-refractivity contribution in [3.63, 3.8) is 0 Å². The largest absolute Gasteiger partial charge is 0.379 e. The number of hydrogen-bond donors (Lipinski definition) is 1. The molecule has 0 aliphatic carbocycles. The van der Waals surface area contributed by atoms with Crippen LogP contribution < -0.4 is 10.9 Å². The summed E-state index contributed by atoms with van der Waals surface area (Å²) < 4.78 is 14.8. The summed E-state index contributed by atoms with van der Waals surface area (Å²) in [6.07, 6.45) is 1.68. The van der Waals surface area contributed by atoms with E-state index in [2.05, 4.69) is 10.3 Å². The Morgan fingerprint density at radius 1 is 1.24 bits per heavy atom. The van der Waals surface area contributed by atoms with E-state index in [9.17, 15) is 9.18 Å². The van der Waals surface area contributed by atoms with Crippen LogP contribution in [0.2, 0.25) is 0 Å². The molecule has 0 amide bonds. The van der Waals surface area contributed by atoms with Crippen LogP contribution in [0.15, 0.2) is 53.5 Å². The van der Waals surface area contributed by atoms with E-state index in [0.29, 0.717) is 23.6 Å². The van der Waals surface area contributed by atoms with Gasteiger partial charge in [0.2, 0.25) is 0 Å². The highest BCUT2D eigenvalue weighted by Crippen LogP contribution is 2.14. The van der Waals surface area contributed by atoms with Crippen LogP contribution in [0, 0.1) is 12.7 Å². The predicted octanol–water partition coefficient (Wildman–Crippen LogP) is 2.75. The summed E-state index contributed by atoms with van der Waals surface area (Å²) in [4.78, 5) is 16.4. The van der Waals surface area contributed by atoms with Crippen molar-refractivity contribution in [1.29, 1.82) is 0 Å². The molecular formula is C16H14FN3O. The second kappa shape index (κ2) is 5.36. The second-order valence-electron chi connectivity index (χ2n) is 4.89. The summed E-state index contributed by atoms with van der Waals surface area (Å²) in [6.45, 7) is 2.19. The second-order valence-corrected chi connectivity index (χ2v) is 4.89. The van der Waals surface area contributed by atoms with Crippen molar-refractivity contribution in [2.24, 2.45) is 0 Å². The van der Waals surface area contributed by atoms with E-state index in [1.54, 1.807) is 18.3 Å². The first-order chi connectivity index (χ1) is 10.1. The summed E-state index contributed by atoms with van der Waals surface area (Å²) in [5, 5.41) is 3.08. The molecular weight excluding hydrogens is 269 g/mol. The van der Waals surface area contributed by atoms with Crippen molar-refractivity contribution in [2.75, 3.05) is 5.32 Å². The van der Waals surface area contributed by atoms with Gasteiger partial charge in [-0.25, -0.2) is 9.37 Å². The molecule has 0 radical (unpaired) electrons. The number of anilines is 1. The van der Waals surface area contributed by atoms with Crippen molar-refractivity contribution in [2.45, 2.75) is 13.5 Å². The Labute approximate surface area is 120 Å². The summed E-state index contributed by atoms with van der Waals surface area (Å²) in [5.74, 6) is -0.288. The van der Waals surface area contributed by atoms with Gasteiger partial charge in [-0.15, -0.1) is 0 Å². The molecule has 3 aromatic rings. The van der Waals surface area contributed by atoms with Gasteiger partial charge in [-0.1, -0.05) is 6.07 Å². The number of rotatable bonds is 3.